The first-order chi connectivity index (χ1) is 7.07. The number of thioether (sulfide) groups is 1. The van der Waals surface area contributed by atoms with Crippen LogP contribution in [0.5, 0.6) is 0 Å². The maximum Gasteiger partial charge on any atom is 0.0187 e. The number of hydrogen-bond donors (Lipinski definition) is 0. The first-order valence-electron chi connectivity index (χ1n) is 5.68. The lowest BCUT2D eigenvalue weighted by Crippen LogP contribution is -2.02. The minimum atomic E-state index is 0.630. The predicted octanol–water partition coefficient (Wildman–Crippen LogP) is 4.80. The van der Waals surface area contributed by atoms with E-state index in [0.29, 0.717) is 11.8 Å². The summed E-state index contributed by atoms with van der Waals surface area (Å²) in [4.78, 5) is 0. The smallest absolute Gasteiger partial charge is 0.0187 e. The van der Waals surface area contributed by atoms with Gasteiger partial charge < -0.3 is 0 Å². The molecule has 0 aliphatic rings. The van der Waals surface area contributed by atoms with E-state index in [1.54, 1.807) is 5.56 Å². The zero-order valence-electron chi connectivity index (χ0n) is 10.5. The second kappa shape index (κ2) is 5.60. The quantitative estimate of drug-likeness (QED) is 0.705. The van der Waals surface area contributed by atoms with Crippen molar-refractivity contribution in [3.8, 4) is 0 Å². The molecular weight excluding hydrogens is 200 g/mol. The molecule has 84 valence electrons. The van der Waals surface area contributed by atoms with E-state index < -0.39 is 0 Å². The van der Waals surface area contributed by atoms with Crippen LogP contribution in [0.1, 0.15) is 56.2 Å². The maximum absolute atomic E-state index is 2.28. The molecule has 0 unspecified atom stereocenters. The molecule has 0 aromatic heterocycles. The molecule has 0 heterocycles. The average molecular weight is 222 g/mol. The Hall–Kier alpha value is -0.430. The van der Waals surface area contributed by atoms with Gasteiger partial charge >= 0.3 is 0 Å². The van der Waals surface area contributed by atoms with Crippen LogP contribution in [-0.4, -0.2) is 6.26 Å². The van der Waals surface area contributed by atoms with Gasteiger partial charge in [0, 0.05) is 5.75 Å². The molecule has 0 bridgehead atoms. The maximum atomic E-state index is 2.28. The Morgan fingerprint density at radius 3 is 1.80 bits per heavy atom. The summed E-state index contributed by atoms with van der Waals surface area (Å²) in [7, 11) is 0. The summed E-state index contributed by atoms with van der Waals surface area (Å²) in [5.41, 5.74) is 4.61. The van der Waals surface area contributed by atoms with Crippen LogP contribution in [0, 0.1) is 0 Å². The number of hydrogen-bond acceptors (Lipinski definition) is 1. The highest BCUT2D eigenvalue weighted by Gasteiger charge is 2.12. The van der Waals surface area contributed by atoms with Crippen LogP contribution >= 0.6 is 11.8 Å². The van der Waals surface area contributed by atoms with E-state index in [-0.39, 0.29) is 0 Å². The Kier molecular flexibility index (Phi) is 4.72. The third-order valence-electron chi connectivity index (χ3n) is 2.78. The monoisotopic (exact) mass is 222 g/mol. The molecule has 0 fully saturated rings. The zero-order chi connectivity index (χ0) is 11.4. The number of rotatable bonds is 4. The summed E-state index contributed by atoms with van der Waals surface area (Å²) in [6.07, 6.45) is 2.18. The largest absolute Gasteiger partial charge is 0.161 e. The van der Waals surface area contributed by atoms with Crippen LogP contribution in [0.25, 0.3) is 0 Å². The van der Waals surface area contributed by atoms with Crippen molar-refractivity contribution in [1.82, 2.24) is 0 Å². The molecule has 0 aliphatic carbocycles. The minimum absolute atomic E-state index is 0.630. The van der Waals surface area contributed by atoms with E-state index in [2.05, 4.69) is 52.1 Å². The second-order valence-corrected chi connectivity index (χ2v) is 5.52. The van der Waals surface area contributed by atoms with Crippen LogP contribution < -0.4 is 0 Å². The third kappa shape index (κ3) is 3.01. The summed E-state index contributed by atoms with van der Waals surface area (Å²) in [6, 6.07) is 6.76. The van der Waals surface area contributed by atoms with E-state index in [9.17, 15) is 0 Å². The van der Waals surface area contributed by atoms with E-state index in [0.717, 1.165) is 5.75 Å². The van der Waals surface area contributed by atoms with Crippen LogP contribution in [0.4, 0.5) is 0 Å². The molecule has 0 N–H and O–H groups in total. The molecule has 1 heteroatoms. The van der Waals surface area contributed by atoms with E-state index >= 15 is 0 Å². The summed E-state index contributed by atoms with van der Waals surface area (Å²) in [5, 5.41) is 0. The van der Waals surface area contributed by atoms with Gasteiger partial charge in [0.15, 0.2) is 0 Å². The van der Waals surface area contributed by atoms with Gasteiger partial charge in [0.05, 0.1) is 0 Å². The zero-order valence-corrected chi connectivity index (χ0v) is 11.3. The highest BCUT2D eigenvalue weighted by atomic mass is 32.2. The van der Waals surface area contributed by atoms with Crippen molar-refractivity contribution in [3.05, 3.63) is 34.9 Å². The van der Waals surface area contributed by atoms with Crippen LogP contribution in [0.3, 0.4) is 0 Å². The highest BCUT2D eigenvalue weighted by Crippen LogP contribution is 2.29. The standard InChI is InChI=1S/C14H22S/c1-10(2)12-7-6-8-13(11(3)4)14(12)9-15-5/h6-8,10-11H,9H2,1-5H3. The first-order valence-corrected chi connectivity index (χ1v) is 7.08. The van der Waals surface area contributed by atoms with Crippen LogP contribution in [-0.2, 0) is 5.75 Å². The van der Waals surface area contributed by atoms with Crippen LogP contribution in [0.15, 0.2) is 18.2 Å². The lowest BCUT2D eigenvalue weighted by atomic mass is 9.90. The Labute approximate surface area is 98.5 Å². The fraction of sp³-hybridized carbons (Fsp3) is 0.571. The van der Waals surface area contributed by atoms with Crippen molar-refractivity contribution in [2.45, 2.75) is 45.3 Å². The van der Waals surface area contributed by atoms with Gasteiger partial charge in [-0.25, -0.2) is 0 Å². The first kappa shape index (κ1) is 12.6. The Balaban J connectivity index is 3.21. The fourth-order valence-electron chi connectivity index (χ4n) is 2.02. The Bertz CT molecular complexity index is 287. The SMILES string of the molecule is CSCc1c(C(C)C)cccc1C(C)C. The van der Waals surface area contributed by atoms with Gasteiger partial charge in [-0.05, 0) is 34.8 Å². The Morgan fingerprint density at radius 1 is 1.00 bits per heavy atom. The molecule has 0 atom stereocenters. The molecule has 0 amide bonds. The minimum Gasteiger partial charge on any atom is -0.161 e. The molecule has 0 aliphatic heterocycles. The summed E-state index contributed by atoms with van der Waals surface area (Å²) < 4.78 is 0. The van der Waals surface area contributed by atoms with Crippen molar-refractivity contribution in [1.29, 1.82) is 0 Å². The molecule has 15 heavy (non-hydrogen) atoms. The van der Waals surface area contributed by atoms with Crippen molar-refractivity contribution < 1.29 is 0 Å². The van der Waals surface area contributed by atoms with Gasteiger partial charge in [-0.15, -0.1) is 0 Å². The summed E-state index contributed by atoms with van der Waals surface area (Å²) in [5.74, 6) is 2.40. The highest BCUT2D eigenvalue weighted by molar-refractivity contribution is 7.97. The van der Waals surface area contributed by atoms with E-state index in [4.69, 9.17) is 0 Å². The van der Waals surface area contributed by atoms with E-state index in [1.807, 2.05) is 11.8 Å². The van der Waals surface area contributed by atoms with Crippen molar-refractivity contribution >= 4 is 11.8 Å². The molecule has 0 spiro atoms. The third-order valence-corrected chi connectivity index (χ3v) is 3.36. The molecule has 0 radical (unpaired) electrons. The van der Waals surface area contributed by atoms with Gasteiger partial charge in [-0.3, -0.25) is 0 Å². The molecule has 1 aromatic rings. The van der Waals surface area contributed by atoms with Gasteiger partial charge in [0.2, 0.25) is 0 Å². The topological polar surface area (TPSA) is 0 Å². The Morgan fingerprint density at radius 2 is 1.47 bits per heavy atom. The predicted molar refractivity (Wildman–Crippen MR) is 71.8 cm³/mol. The molecule has 0 saturated carbocycles. The van der Waals surface area contributed by atoms with Crippen LogP contribution in [0.2, 0.25) is 0 Å². The lowest BCUT2D eigenvalue weighted by molar-refractivity contribution is 0.815. The molecule has 1 rings (SSSR count). The summed E-state index contributed by atoms with van der Waals surface area (Å²) in [6.45, 7) is 9.12. The molecule has 1 aromatic carbocycles. The van der Waals surface area contributed by atoms with Crippen molar-refractivity contribution in [2.24, 2.45) is 0 Å². The van der Waals surface area contributed by atoms with Gasteiger partial charge in [0.25, 0.3) is 0 Å². The van der Waals surface area contributed by atoms with Gasteiger partial charge in [-0.2, -0.15) is 11.8 Å². The van der Waals surface area contributed by atoms with Crippen molar-refractivity contribution in [2.75, 3.05) is 6.26 Å². The molecule has 0 nitrogen and oxygen atoms in total. The van der Waals surface area contributed by atoms with Gasteiger partial charge in [-0.1, -0.05) is 45.9 Å². The molecular formula is C14H22S. The fourth-order valence-corrected chi connectivity index (χ4v) is 2.64. The molecule has 0 saturated heterocycles. The lowest BCUT2D eigenvalue weighted by Gasteiger charge is -2.18. The number of benzene rings is 1. The normalized spacial score (nSPS) is 11.4. The van der Waals surface area contributed by atoms with E-state index in [1.165, 1.54) is 11.1 Å². The van der Waals surface area contributed by atoms with Gasteiger partial charge in [0.1, 0.15) is 0 Å². The van der Waals surface area contributed by atoms with Crippen molar-refractivity contribution in [3.63, 3.8) is 0 Å². The second-order valence-electron chi connectivity index (χ2n) is 4.66. The average Bonchev–Trinajstić information content (AvgIpc) is 2.17. The summed E-state index contributed by atoms with van der Waals surface area (Å²) >= 11 is 1.92.